The van der Waals surface area contributed by atoms with E-state index in [1.165, 1.54) is 0 Å². The van der Waals surface area contributed by atoms with Crippen molar-refractivity contribution in [2.24, 2.45) is 0 Å². The van der Waals surface area contributed by atoms with Gasteiger partial charge in [-0.05, 0) is 38.0 Å². The molecule has 2 amide bonds. The highest BCUT2D eigenvalue weighted by Gasteiger charge is 2.18. The van der Waals surface area contributed by atoms with Crippen LogP contribution >= 0.6 is 0 Å². The van der Waals surface area contributed by atoms with Crippen LogP contribution in [0, 0.1) is 0 Å². The zero-order valence-corrected chi connectivity index (χ0v) is 13.3. The van der Waals surface area contributed by atoms with E-state index in [2.05, 4.69) is 5.32 Å². The minimum Gasteiger partial charge on any atom is -0.497 e. The second-order valence-electron chi connectivity index (χ2n) is 5.06. The van der Waals surface area contributed by atoms with E-state index in [4.69, 9.17) is 9.84 Å². The molecule has 1 unspecified atom stereocenters. The summed E-state index contributed by atoms with van der Waals surface area (Å²) in [5.74, 6) is -0.121. The van der Waals surface area contributed by atoms with E-state index in [-0.39, 0.29) is 25.0 Å². The molecule has 0 saturated carbocycles. The summed E-state index contributed by atoms with van der Waals surface area (Å²) in [6.45, 7) is 4.59. The molecule has 0 fully saturated rings. The van der Waals surface area contributed by atoms with E-state index in [0.717, 1.165) is 17.7 Å². The first-order valence-electron chi connectivity index (χ1n) is 7.37. The summed E-state index contributed by atoms with van der Waals surface area (Å²) in [6.07, 6.45) is 0.653. The summed E-state index contributed by atoms with van der Waals surface area (Å²) >= 11 is 0. The Morgan fingerprint density at radius 1 is 1.32 bits per heavy atom. The van der Waals surface area contributed by atoms with Crippen LogP contribution in [-0.2, 0) is 11.2 Å². The smallest absolute Gasteiger partial charge is 0.317 e. The van der Waals surface area contributed by atoms with Crippen LogP contribution in [0.1, 0.15) is 25.8 Å². The first-order valence-corrected chi connectivity index (χ1v) is 7.37. The number of hydrogen-bond donors (Lipinski definition) is 2. The number of ether oxygens (including phenoxy) is 1. The highest BCUT2D eigenvalue weighted by Crippen LogP contribution is 2.14. The Hall–Kier alpha value is -2.24. The molecule has 0 saturated heterocycles. The van der Waals surface area contributed by atoms with Crippen LogP contribution in [0.5, 0.6) is 5.75 Å². The number of likely N-dealkylation sites (N-methyl/N-ethyl adjacent to an activating group) is 1. The molecule has 6 nitrogen and oxygen atoms in total. The Morgan fingerprint density at radius 2 is 1.95 bits per heavy atom. The third-order valence-electron chi connectivity index (χ3n) is 3.44. The maximum atomic E-state index is 12.1. The van der Waals surface area contributed by atoms with Crippen LogP contribution < -0.4 is 10.1 Å². The largest absolute Gasteiger partial charge is 0.497 e. The Labute approximate surface area is 131 Å². The van der Waals surface area contributed by atoms with Crippen LogP contribution in [0.4, 0.5) is 4.79 Å². The van der Waals surface area contributed by atoms with Crippen LogP contribution in [0.25, 0.3) is 0 Å². The van der Waals surface area contributed by atoms with Gasteiger partial charge in [-0.1, -0.05) is 12.1 Å². The lowest BCUT2D eigenvalue weighted by atomic mass is 10.1. The predicted octanol–water partition coefficient (Wildman–Crippen LogP) is 2.13. The van der Waals surface area contributed by atoms with Gasteiger partial charge in [0.2, 0.25) is 0 Å². The van der Waals surface area contributed by atoms with E-state index < -0.39 is 5.97 Å². The summed E-state index contributed by atoms with van der Waals surface area (Å²) in [7, 11) is 1.62. The predicted molar refractivity (Wildman–Crippen MR) is 84.2 cm³/mol. The third kappa shape index (κ3) is 5.63. The number of urea groups is 1. The second kappa shape index (κ2) is 8.92. The lowest BCUT2D eigenvalue weighted by Gasteiger charge is -2.28. The minimum absolute atomic E-state index is 0.0169. The normalized spacial score (nSPS) is 11.6. The van der Waals surface area contributed by atoms with Crippen molar-refractivity contribution in [1.29, 1.82) is 0 Å². The number of methoxy groups -OCH3 is 1. The highest BCUT2D eigenvalue weighted by atomic mass is 16.5. The Balaban J connectivity index is 2.56. The van der Waals surface area contributed by atoms with Gasteiger partial charge in [0.1, 0.15) is 5.75 Å². The van der Waals surface area contributed by atoms with E-state index in [1.807, 2.05) is 38.1 Å². The van der Waals surface area contributed by atoms with Gasteiger partial charge >= 0.3 is 12.0 Å². The molecule has 0 heterocycles. The monoisotopic (exact) mass is 308 g/mol. The molecule has 0 aliphatic rings. The third-order valence-corrected chi connectivity index (χ3v) is 3.44. The quantitative estimate of drug-likeness (QED) is 0.771. The molecule has 22 heavy (non-hydrogen) atoms. The number of nitrogens with zero attached hydrogens (tertiary/aromatic N) is 1. The van der Waals surface area contributed by atoms with Crippen molar-refractivity contribution in [2.75, 3.05) is 20.2 Å². The number of aliphatic carboxylic acids is 1. The van der Waals surface area contributed by atoms with Crippen molar-refractivity contribution in [3.05, 3.63) is 29.8 Å². The molecule has 0 aromatic heterocycles. The molecule has 0 aliphatic carbocycles. The molecular formula is C16H24N2O4. The van der Waals surface area contributed by atoms with Crippen molar-refractivity contribution in [3.63, 3.8) is 0 Å². The van der Waals surface area contributed by atoms with Crippen molar-refractivity contribution in [3.8, 4) is 5.75 Å². The molecule has 0 spiro atoms. The summed E-state index contributed by atoms with van der Waals surface area (Å²) in [4.78, 5) is 24.3. The van der Waals surface area contributed by atoms with Gasteiger partial charge in [-0.15, -0.1) is 0 Å². The zero-order valence-electron chi connectivity index (χ0n) is 13.3. The summed E-state index contributed by atoms with van der Waals surface area (Å²) < 4.78 is 5.12. The molecular weight excluding hydrogens is 284 g/mol. The van der Waals surface area contributed by atoms with Crippen LogP contribution in [0.3, 0.4) is 0 Å². The van der Waals surface area contributed by atoms with Gasteiger partial charge in [0.15, 0.2) is 0 Å². The summed E-state index contributed by atoms with van der Waals surface area (Å²) in [6, 6.07) is 7.53. The first kappa shape index (κ1) is 17.8. The Kier molecular flexibility index (Phi) is 7.22. The average molecular weight is 308 g/mol. The Bertz CT molecular complexity index is 487. The van der Waals surface area contributed by atoms with E-state index in [9.17, 15) is 9.59 Å². The number of amides is 2. The molecule has 6 heteroatoms. The molecule has 122 valence electrons. The average Bonchev–Trinajstić information content (AvgIpc) is 2.48. The number of carbonyl (C=O) groups is 2. The number of carboxylic acid groups (broad SMARTS) is 1. The van der Waals surface area contributed by atoms with Crippen LogP contribution in [0.15, 0.2) is 24.3 Å². The van der Waals surface area contributed by atoms with Crippen LogP contribution in [0.2, 0.25) is 0 Å². The number of benzene rings is 1. The topological polar surface area (TPSA) is 78.9 Å². The van der Waals surface area contributed by atoms with E-state index >= 15 is 0 Å². The Morgan fingerprint density at radius 3 is 2.45 bits per heavy atom. The fraction of sp³-hybridized carbons (Fsp3) is 0.500. The van der Waals surface area contributed by atoms with Crippen molar-refractivity contribution < 1.29 is 19.4 Å². The summed E-state index contributed by atoms with van der Waals surface area (Å²) in [5, 5.41) is 11.2. The lowest BCUT2D eigenvalue weighted by molar-refractivity contribution is -0.136. The van der Waals surface area contributed by atoms with Gasteiger partial charge in [-0.2, -0.15) is 0 Å². The SMILES string of the molecule is CCN(C(=O)NCCC(=O)O)C(C)Cc1ccc(OC)cc1. The molecule has 1 aromatic carbocycles. The number of nitrogens with one attached hydrogen (secondary N) is 1. The number of carboxylic acids is 1. The first-order chi connectivity index (χ1) is 10.5. The highest BCUT2D eigenvalue weighted by molar-refractivity contribution is 5.75. The number of hydrogen-bond acceptors (Lipinski definition) is 3. The number of rotatable bonds is 8. The maximum Gasteiger partial charge on any atom is 0.317 e. The van der Waals surface area contributed by atoms with Crippen molar-refractivity contribution in [1.82, 2.24) is 10.2 Å². The van der Waals surface area contributed by atoms with Crippen molar-refractivity contribution >= 4 is 12.0 Å². The van der Waals surface area contributed by atoms with Crippen LogP contribution in [-0.4, -0.2) is 48.2 Å². The van der Waals surface area contributed by atoms with Gasteiger partial charge in [0, 0.05) is 19.1 Å². The molecule has 1 aromatic rings. The van der Waals surface area contributed by atoms with Gasteiger partial charge in [-0.3, -0.25) is 4.79 Å². The fourth-order valence-electron chi connectivity index (χ4n) is 2.25. The molecule has 0 radical (unpaired) electrons. The number of carbonyl (C=O) groups excluding carboxylic acids is 1. The maximum absolute atomic E-state index is 12.1. The second-order valence-corrected chi connectivity index (χ2v) is 5.06. The van der Waals surface area contributed by atoms with Gasteiger partial charge in [-0.25, -0.2) is 4.79 Å². The minimum atomic E-state index is -0.922. The molecule has 0 bridgehead atoms. The van der Waals surface area contributed by atoms with Gasteiger partial charge in [0.05, 0.1) is 13.5 Å². The molecule has 1 atom stereocenters. The zero-order chi connectivity index (χ0) is 16.5. The van der Waals surface area contributed by atoms with E-state index in [1.54, 1.807) is 12.0 Å². The standard InChI is InChI=1S/C16H24N2O4/c1-4-18(16(21)17-10-9-15(19)20)12(2)11-13-5-7-14(22-3)8-6-13/h5-8,12H,4,9-11H2,1-3H3,(H,17,21)(H,19,20). The molecule has 2 N–H and O–H groups in total. The van der Waals surface area contributed by atoms with E-state index in [0.29, 0.717) is 6.54 Å². The van der Waals surface area contributed by atoms with Gasteiger partial charge < -0.3 is 20.1 Å². The fourth-order valence-corrected chi connectivity index (χ4v) is 2.25. The lowest BCUT2D eigenvalue weighted by Crippen LogP contribution is -2.46. The molecule has 1 rings (SSSR count). The molecule has 0 aliphatic heterocycles. The summed E-state index contributed by atoms with van der Waals surface area (Å²) in [5.41, 5.74) is 1.12. The van der Waals surface area contributed by atoms with Crippen molar-refractivity contribution in [2.45, 2.75) is 32.7 Å². The van der Waals surface area contributed by atoms with Gasteiger partial charge in [0.25, 0.3) is 0 Å².